The van der Waals surface area contributed by atoms with Crippen molar-refractivity contribution in [1.82, 2.24) is 29.4 Å². The van der Waals surface area contributed by atoms with Crippen LogP contribution in [-0.4, -0.2) is 49.7 Å². The molecule has 9 nitrogen and oxygen atoms in total. The third-order valence-electron chi connectivity index (χ3n) is 6.80. The third kappa shape index (κ3) is 4.69. The van der Waals surface area contributed by atoms with E-state index in [2.05, 4.69) is 36.3 Å². The molecule has 1 saturated heterocycles. The predicted molar refractivity (Wildman–Crippen MR) is 153 cm³/mol. The molecule has 1 aliphatic heterocycles. The van der Waals surface area contributed by atoms with Gasteiger partial charge in [-0.05, 0) is 67.1 Å². The molecule has 0 saturated carbocycles. The smallest absolute Gasteiger partial charge is 0.267 e. The van der Waals surface area contributed by atoms with Crippen LogP contribution >= 0.6 is 27.5 Å². The second kappa shape index (κ2) is 10.4. The number of benzene rings is 3. The summed E-state index contributed by atoms with van der Waals surface area (Å²) in [4.78, 5) is 28.8. The van der Waals surface area contributed by atoms with Gasteiger partial charge >= 0.3 is 0 Å². The zero-order chi connectivity index (χ0) is 27.1. The molecule has 5 aromatic rings. The number of amides is 1. The fourth-order valence-corrected chi connectivity index (χ4v) is 5.48. The number of nitrogens with zero attached hydrogens (tertiary/aromatic N) is 5. The van der Waals surface area contributed by atoms with Gasteiger partial charge in [-0.25, -0.2) is 4.57 Å². The molecule has 0 spiro atoms. The Balaban J connectivity index is 1.50. The van der Waals surface area contributed by atoms with Gasteiger partial charge in [-0.2, -0.15) is 0 Å². The number of carbonyl (C=O) groups excluding carboxylic acids is 1. The number of rotatable bonds is 6. The summed E-state index contributed by atoms with van der Waals surface area (Å²) in [6.45, 7) is 3.94. The van der Waals surface area contributed by atoms with Gasteiger partial charge in [-0.15, -0.1) is 10.2 Å². The minimum atomic E-state index is -0.494. The van der Waals surface area contributed by atoms with Crippen molar-refractivity contribution in [2.75, 3.05) is 19.7 Å². The number of piperazine rings is 1. The summed E-state index contributed by atoms with van der Waals surface area (Å²) in [5.41, 5.74) is 1.88. The largest absolute Gasteiger partial charge is 0.494 e. The highest BCUT2D eigenvalue weighted by atomic mass is 79.9. The van der Waals surface area contributed by atoms with Crippen LogP contribution in [0.3, 0.4) is 0 Å². The molecule has 1 N–H and O–H groups in total. The first-order valence-corrected chi connectivity index (χ1v) is 13.7. The van der Waals surface area contributed by atoms with Crippen molar-refractivity contribution in [2.45, 2.75) is 19.5 Å². The Labute approximate surface area is 237 Å². The summed E-state index contributed by atoms with van der Waals surface area (Å²) in [6, 6.07) is 19.7. The van der Waals surface area contributed by atoms with Crippen molar-refractivity contribution in [1.29, 1.82) is 0 Å². The Morgan fingerprint density at radius 3 is 2.56 bits per heavy atom. The lowest BCUT2D eigenvalue weighted by Gasteiger charge is -2.34. The van der Waals surface area contributed by atoms with Crippen molar-refractivity contribution >= 4 is 50.1 Å². The fraction of sp³-hybridized carbons (Fsp3) is 0.214. The van der Waals surface area contributed by atoms with E-state index in [9.17, 15) is 9.59 Å². The molecule has 198 valence electrons. The highest BCUT2D eigenvalue weighted by molar-refractivity contribution is 9.10. The second-order valence-corrected chi connectivity index (χ2v) is 10.5. The van der Waals surface area contributed by atoms with Gasteiger partial charge in [-0.3, -0.25) is 18.9 Å². The molecule has 3 heterocycles. The van der Waals surface area contributed by atoms with E-state index in [0.717, 1.165) is 10.0 Å². The SMILES string of the molecule is CCOc1ccc(-n2c(=O)c3ccc(Cl)cc3n3c(CN4CCNC(=O)C4c4ccc(Br)cc4)nnc23)cc1. The number of aromatic nitrogens is 4. The highest BCUT2D eigenvalue weighted by Crippen LogP contribution is 2.28. The van der Waals surface area contributed by atoms with E-state index in [1.54, 1.807) is 18.2 Å². The molecule has 39 heavy (non-hydrogen) atoms. The second-order valence-electron chi connectivity index (χ2n) is 9.20. The number of halogens is 2. The van der Waals surface area contributed by atoms with Gasteiger partial charge in [0.2, 0.25) is 11.7 Å². The Morgan fingerprint density at radius 1 is 1.05 bits per heavy atom. The van der Waals surface area contributed by atoms with Crippen molar-refractivity contribution in [2.24, 2.45) is 0 Å². The number of nitrogens with one attached hydrogen (secondary N) is 1. The maximum Gasteiger partial charge on any atom is 0.267 e. The first-order valence-electron chi connectivity index (χ1n) is 12.5. The summed E-state index contributed by atoms with van der Waals surface area (Å²) < 4.78 is 9.90. The van der Waals surface area contributed by atoms with Crippen LogP contribution in [0.15, 0.2) is 76.0 Å². The first-order chi connectivity index (χ1) is 18.9. The van der Waals surface area contributed by atoms with Gasteiger partial charge < -0.3 is 10.1 Å². The van der Waals surface area contributed by atoms with E-state index in [0.29, 0.717) is 65.2 Å². The Kier molecular flexibility index (Phi) is 6.84. The van der Waals surface area contributed by atoms with E-state index in [4.69, 9.17) is 16.3 Å². The molecule has 1 unspecified atom stereocenters. The quantitative estimate of drug-likeness (QED) is 0.305. The molecular weight excluding hydrogens is 584 g/mol. The molecule has 1 amide bonds. The van der Waals surface area contributed by atoms with Gasteiger partial charge in [0, 0.05) is 22.6 Å². The Morgan fingerprint density at radius 2 is 1.82 bits per heavy atom. The number of fused-ring (bicyclic) bond motifs is 3. The third-order valence-corrected chi connectivity index (χ3v) is 7.56. The average Bonchev–Trinajstić information content (AvgIpc) is 3.34. The first kappa shape index (κ1) is 25.5. The van der Waals surface area contributed by atoms with Crippen LogP contribution in [0.2, 0.25) is 5.02 Å². The molecular formula is C28H24BrClN6O3. The molecule has 1 atom stereocenters. The van der Waals surface area contributed by atoms with Crippen molar-refractivity contribution < 1.29 is 9.53 Å². The summed E-state index contributed by atoms with van der Waals surface area (Å²) in [7, 11) is 0. The van der Waals surface area contributed by atoms with Gasteiger partial charge in [0.15, 0.2) is 5.82 Å². The van der Waals surface area contributed by atoms with Crippen molar-refractivity contribution in [3.05, 3.63) is 98.0 Å². The summed E-state index contributed by atoms with van der Waals surface area (Å²) in [5.74, 6) is 1.59. The monoisotopic (exact) mass is 606 g/mol. The van der Waals surface area contributed by atoms with Crippen LogP contribution in [0.5, 0.6) is 5.75 Å². The normalized spacial score (nSPS) is 16.1. The zero-order valence-corrected chi connectivity index (χ0v) is 23.3. The lowest BCUT2D eigenvalue weighted by atomic mass is 10.0. The molecule has 6 rings (SSSR count). The van der Waals surface area contributed by atoms with Crippen LogP contribution in [0.25, 0.3) is 22.4 Å². The highest BCUT2D eigenvalue weighted by Gasteiger charge is 2.32. The summed E-state index contributed by atoms with van der Waals surface area (Å²) in [6.07, 6.45) is 0. The van der Waals surface area contributed by atoms with Gasteiger partial charge in [-0.1, -0.05) is 39.7 Å². The fourth-order valence-electron chi connectivity index (χ4n) is 5.05. The number of ether oxygens (including phenoxy) is 1. The Bertz CT molecular complexity index is 1750. The van der Waals surface area contributed by atoms with Gasteiger partial charge in [0.05, 0.1) is 29.7 Å². The Hall–Kier alpha value is -3.73. The molecule has 0 aliphatic carbocycles. The average molecular weight is 608 g/mol. The van der Waals surface area contributed by atoms with Crippen LogP contribution in [0.1, 0.15) is 24.4 Å². The van der Waals surface area contributed by atoms with E-state index >= 15 is 0 Å². The molecule has 0 bridgehead atoms. The minimum absolute atomic E-state index is 0.0726. The van der Waals surface area contributed by atoms with E-state index < -0.39 is 6.04 Å². The van der Waals surface area contributed by atoms with Gasteiger partial charge in [0.1, 0.15) is 11.8 Å². The van der Waals surface area contributed by atoms with Crippen LogP contribution in [0, 0.1) is 0 Å². The van der Waals surface area contributed by atoms with Crippen LogP contribution in [-0.2, 0) is 11.3 Å². The number of carbonyl (C=O) groups is 1. The molecule has 3 aromatic carbocycles. The zero-order valence-electron chi connectivity index (χ0n) is 21.0. The van der Waals surface area contributed by atoms with Crippen molar-refractivity contribution in [3.63, 3.8) is 0 Å². The maximum absolute atomic E-state index is 13.7. The van der Waals surface area contributed by atoms with E-state index in [-0.39, 0.29) is 11.5 Å². The molecule has 1 fully saturated rings. The topological polar surface area (TPSA) is 93.8 Å². The molecule has 1 aliphatic rings. The van der Waals surface area contributed by atoms with E-state index in [1.165, 1.54) is 4.57 Å². The maximum atomic E-state index is 13.7. The molecule has 0 radical (unpaired) electrons. The van der Waals surface area contributed by atoms with Crippen LogP contribution < -0.4 is 15.6 Å². The van der Waals surface area contributed by atoms with E-state index in [1.807, 2.05) is 59.9 Å². The summed E-state index contributed by atoms with van der Waals surface area (Å²) >= 11 is 9.84. The van der Waals surface area contributed by atoms with Gasteiger partial charge in [0.25, 0.3) is 5.56 Å². The predicted octanol–water partition coefficient (Wildman–Crippen LogP) is 4.52. The minimum Gasteiger partial charge on any atom is -0.494 e. The molecule has 11 heteroatoms. The lowest BCUT2D eigenvalue weighted by Crippen LogP contribution is -2.49. The number of hydrogen-bond acceptors (Lipinski definition) is 6. The standard InChI is InChI=1S/C28H24BrClN6O3/c1-2-39-21-10-8-20(9-11-21)35-27(38)22-12-7-19(30)15-23(22)36-24(32-33-28(35)36)16-34-14-13-31-26(37)25(34)17-3-5-18(29)6-4-17/h3-12,15,25H,2,13-14,16H2,1H3,(H,31,37). The lowest BCUT2D eigenvalue weighted by molar-refractivity contribution is -0.129. The van der Waals surface area contributed by atoms with Crippen molar-refractivity contribution in [3.8, 4) is 11.4 Å². The van der Waals surface area contributed by atoms with Crippen LogP contribution in [0.4, 0.5) is 0 Å². The molecule has 2 aromatic heterocycles. The number of hydrogen-bond donors (Lipinski definition) is 1. The summed E-state index contributed by atoms with van der Waals surface area (Å²) in [5, 5.41) is 12.9.